The maximum Gasteiger partial charge on any atom is 0.0833 e. The van der Waals surface area contributed by atoms with E-state index in [1.165, 1.54) is 12.8 Å². The van der Waals surface area contributed by atoms with Crippen molar-refractivity contribution in [1.29, 1.82) is 0 Å². The molecule has 1 aliphatic carbocycles. The molecule has 1 unspecified atom stereocenters. The Bertz CT molecular complexity index is 500. The zero-order valence-corrected chi connectivity index (χ0v) is 15.5. The van der Waals surface area contributed by atoms with Gasteiger partial charge in [0.15, 0.2) is 0 Å². The summed E-state index contributed by atoms with van der Waals surface area (Å²) in [6.45, 7) is 6.67. The Balaban J connectivity index is 2.16. The molecule has 21 heavy (non-hydrogen) atoms. The van der Waals surface area contributed by atoms with E-state index < -0.39 is 0 Å². The average Bonchev–Trinajstić information content (AvgIpc) is 2.66. The lowest BCUT2D eigenvalue weighted by molar-refractivity contribution is -0.0784. The van der Waals surface area contributed by atoms with E-state index in [4.69, 9.17) is 10.5 Å². The van der Waals surface area contributed by atoms with Gasteiger partial charge in [-0.1, -0.05) is 13.8 Å². The molecule has 0 spiro atoms. The largest absolute Gasteiger partial charge is 0.377 e. The molecule has 4 nitrogen and oxygen atoms in total. The number of hydrogen-bond donors (Lipinski definition) is 1. The van der Waals surface area contributed by atoms with Crippen molar-refractivity contribution >= 4 is 15.9 Å². The molecule has 2 rings (SSSR count). The molecular weight excluding hydrogens is 330 g/mol. The van der Waals surface area contributed by atoms with E-state index in [0.29, 0.717) is 5.41 Å². The molecule has 1 atom stereocenters. The van der Waals surface area contributed by atoms with Crippen LogP contribution in [0.15, 0.2) is 4.47 Å². The summed E-state index contributed by atoms with van der Waals surface area (Å²) < 4.78 is 8.92. The maximum atomic E-state index is 6.57. The van der Waals surface area contributed by atoms with Crippen LogP contribution in [-0.4, -0.2) is 28.5 Å². The minimum Gasteiger partial charge on any atom is -0.377 e. The van der Waals surface area contributed by atoms with Crippen LogP contribution in [0.2, 0.25) is 0 Å². The number of nitrogens with zero attached hydrogens (tertiary/aromatic N) is 2. The summed E-state index contributed by atoms with van der Waals surface area (Å²) in [5, 5.41) is 4.45. The highest BCUT2D eigenvalue weighted by Gasteiger charge is 2.43. The van der Waals surface area contributed by atoms with Gasteiger partial charge >= 0.3 is 0 Å². The monoisotopic (exact) mass is 357 g/mol. The fraction of sp³-hybridized carbons (Fsp3) is 0.812. The predicted octanol–water partition coefficient (Wildman–Crippen LogP) is 3.35. The van der Waals surface area contributed by atoms with E-state index in [2.05, 4.69) is 34.9 Å². The molecule has 1 heterocycles. The molecule has 0 saturated heterocycles. The first kappa shape index (κ1) is 17.0. The second-order valence-electron chi connectivity index (χ2n) is 7.21. The van der Waals surface area contributed by atoms with Gasteiger partial charge in [-0.05, 0) is 54.0 Å². The van der Waals surface area contributed by atoms with Gasteiger partial charge in [-0.15, -0.1) is 0 Å². The van der Waals surface area contributed by atoms with Crippen molar-refractivity contribution in [3.05, 3.63) is 15.9 Å². The SMILES string of the molecule is COC1(C(N)Cc2c(Br)c(C)nn2C)CCC(C)(C)CC1. The summed E-state index contributed by atoms with van der Waals surface area (Å²) in [4.78, 5) is 0. The van der Waals surface area contributed by atoms with Gasteiger partial charge in [0.25, 0.3) is 0 Å². The highest BCUT2D eigenvalue weighted by Crippen LogP contribution is 2.43. The van der Waals surface area contributed by atoms with Crippen LogP contribution in [0.1, 0.15) is 50.9 Å². The molecule has 0 radical (unpaired) electrons. The average molecular weight is 358 g/mol. The second kappa shape index (κ2) is 6.01. The van der Waals surface area contributed by atoms with Gasteiger partial charge in [0.2, 0.25) is 0 Å². The molecule has 0 amide bonds. The Morgan fingerprint density at radius 3 is 2.33 bits per heavy atom. The molecule has 1 saturated carbocycles. The molecule has 120 valence electrons. The van der Waals surface area contributed by atoms with E-state index in [9.17, 15) is 0 Å². The lowest BCUT2D eigenvalue weighted by Crippen LogP contribution is -2.53. The van der Waals surface area contributed by atoms with Gasteiger partial charge in [-0.25, -0.2) is 0 Å². The zero-order chi connectivity index (χ0) is 15.8. The predicted molar refractivity (Wildman–Crippen MR) is 89.3 cm³/mol. The zero-order valence-electron chi connectivity index (χ0n) is 13.9. The van der Waals surface area contributed by atoms with Crippen LogP contribution >= 0.6 is 15.9 Å². The van der Waals surface area contributed by atoms with E-state index >= 15 is 0 Å². The fourth-order valence-corrected chi connectivity index (χ4v) is 3.87. The van der Waals surface area contributed by atoms with Gasteiger partial charge in [-0.3, -0.25) is 4.68 Å². The molecule has 1 aromatic rings. The summed E-state index contributed by atoms with van der Waals surface area (Å²) in [6.07, 6.45) is 5.19. The first-order valence-corrected chi connectivity index (χ1v) is 8.49. The first-order chi connectivity index (χ1) is 9.71. The quantitative estimate of drug-likeness (QED) is 0.898. The van der Waals surface area contributed by atoms with Crippen molar-refractivity contribution in [2.45, 2.75) is 64.5 Å². The lowest BCUT2D eigenvalue weighted by atomic mass is 9.68. The minimum absolute atomic E-state index is 0.00954. The van der Waals surface area contributed by atoms with Crippen LogP contribution in [0.25, 0.3) is 0 Å². The molecule has 1 fully saturated rings. The summed E-state index contributed by atoms with van der Waals surface area (Å²) in [5.74, 6) is 0. The highest BCUT2D eigenvalue weighted by molar-refractivity contribution is 9.10. The third-order valence-electron chi connectivity index (χ3n) is 5.21. The van der Waals surface area contributed by atoms with Gasteiger partial charge < -0.3 is 10.5 Å². The molecule has 0 aliphatic heterocycles. The molecule has 0 aromatic carbocycles. The van der Waals surface area contributed by atoms with Crippen LogP contribution in [0.3, 0.4) is 0 Å². The number of nitrogens with two attached hydrogens (primary N) is 1. The van der Waals surface area contributed by atoms with Crippen molar-refractivity contribution in [1.82, 2.24) is 9.78 Å². The van der Waals surface area contributed by atoms with E-state index in [1.807, 2.05) is 25.8 Å². The van der Waals surface area contributed by atoms with Gasteiger partial charge in [0.1, 0.15) is 0 Å². The number of ether oxygens (including phenoxy) is 1. The van der Waals surface area contributed by atoms with E-state index in [1.54, 1.807) is 0 Å². The molecule has 5 heteroatoms. The van der Waals surface area contributed by atoms with Crippen LogP contribution in [-0.2, 0) is 18.2 Å². The molecule has 1 aromatic heterocycles. The van der Waals surface area contributed by atoms with Gasteiger partial charge in [0, 0.05) is 26.6 Å². The number of rotatable bonds is 4. The normalized spacial score (nSPS) is 22.2. The Labute approximate surface area is 136 Å². The molecule has 1 aliphatic rings. The number of aromatic nitrogens is 2. The van der Waals surface area contributed by atoms with E-state index in [-0.39, 0.29) is 11.6 Å². The van der Waals surface area contributed by atoms with Crippen molar-refractivity contribution in [3.8, 4) is 0 Å². The highest BCUT2D eigenvalue weighted by atomic mass is 79.9. The first-order valence-electron chi connectivity index (χ1n) is 7.69. The number of hydrogen-bond acceptors (Lipinski definition) is 3. The van der Waals surface area contributed by atoms with Crippen molar-refractivity contribution in [2.75, 3.05) is 7.11 Å². The summed E-state index contributed by atoms with van der Waals surface area (Å²) >= 11 is 3.63. The van der Waals surface area contributed by atoms with Crippen LogP contribution in [0.4, 0.5) is 0 Å². The number of methoxy groups -OCH3 is 1. The van der Waals surface area contributed by atoms with E-state index in [0.717, 1.165) is 35.1 Å². The fourth-order valence-electron chi connectivity index (χ4n) is 3.37. The van der Waals surface area contributed by atoms with Crippen LogP contribution in [0.5, 0.6) is 0 Å². The third-order valence-corrected chi connectivity index (χ3v) is 6.24. The number of aryl methyl sites for hydroxylation is 2. The summed E-state index contributed by atoms with van der Waals surface area (Å²) in [7, 11) is 3.78. The topological polar surface area (TPSA) is 53.1 Å². The summed E-state index contributed by atoms with van der Waals surface area (Å²) in [6, 6.07) is -0.00954. The Morgan fingerprint density at radius 2 is 1.90 bits per heavy atom. The minimum atomic E-state index is -0.201. The lowest BCUT2D eigenvalue weighted by Gasteiger charge is -2.46. The third kappa shape index (κ3) is 3.35. The Kier molecular flexibility index (Phi) is 4.86. The molecule has 2 N–H and O–H groups in total. The van der Waals surface area contributed by atoms with Crippen molar-refractivity contribution in [3.63, 3.8) is 0 Å². The molecular formula is C16H28BrN3O. The van der Waals surface area contributed by atoms with Crippen LogP contribution < -0.4 is 5.73 Å². The molecule has 0 bridgehead atoms. The standard InChI is InChI=1S/C16H28BrN3O/c1-11-14(17)12(20(4)19-11)10-13(18)16(21-5)8-6-15(2,3)7-9-16/h13H,6-10,18H2,1-5H3. The van der Waals surface area contributed by atoms with Crippen molar-refractivity contribution in [2.24, 2.45) is 18.2 Å². The second-order valence-corrected chi connectivity index (χ2v) is 8.01. The smallest absolute Gasteiger partial charge is 0.0833 e. The Morgan fingerprint density at radius 1 is 1.33 bits per heavy atom. The summed E-state index contributed by atoms with van der Waals surface area (Å²) in [5.41, 5.74) is 8.95. The van der Waals surface area contributed by atoms with Gasteiger partial charge in [-0.2, -0.15) is 5.10 Å². The Hall–Kier alpha value is -0.390. The number of halogens is 1. The van der Waals surface area contributed by atoms with Crippen LogP contribution in [0, 0.1) is 12.3 Å². The van der Waals surface area contributed by atoms with Gasteiger partial charge in [0.05, 0.1) is 21.5 Å². The van der Waals surface area contributed by atoms with Crippen molar-refractivity contribution < 1.29 is 4.74 Å². The maximum absolute atomic E-state index is 6.57.